The Bertz CT molecular complexity index is 3230. The molecule has 43 nitrogen and oxygen atoms in total. The van der Waals surface area contributed by atoms with Crippen LogP contribution in [0, 0.1) is 120 Å². The Balaban J connectivity index is 0.0000122. The first-order chi connectivity index (χ1) is 55.0. The van der Waals surface area contributed by atoms with Crippen molar-refractivity contribution in [2.75, 3.05) is 281 Å². The van der Waals surface area contributed by atoms with Gasteiger partial charge in [-0.05, 0) is 44.9 Å². The number of nitrogens with zero attached hydrogens (tertiary/aromatic N) is 15. The Morgan fingerprint density at radius 2 is 0.437 bits per heavy atom. The molecular formula is C73H125Gd3N19O24. The maximum Gasteiger partial charge on any atom is 0.317 e. The fraction of sp³-hybridized carbons (Fsp3) is 0.795. The van der Waals surface area contributed by atoms with Gasteiger partial charge in [0.2, 0.25) is 35.4 Å². The normalized spacial score (nSPS) is 20.8. The van der Waals surface area contributed by atoms with Crippen LogP contribution in [0.25, 0.3) is 0 Å². The molecule has 6 fully saturated rings. The van der Waals surface area contributed by atoms with E-state index < -0.39 is 107 Å². The van der Waals surface area contributed by atoms with E-state index in [1.54, 1.807) is 58.8 Å². The number of aliphatic carboxylic acids is 9. The van der Waals surface area contributed by atoms with E-state index in [1.165, 1.54) is 14.7 Å². The molecule has 0 atom stereocenters. The number of nitrogens with two attached hydrogens (primary N) is 1. The number of nitrogens with one attached hydrogen (secondary N) is 3. The van der Waals surface area contributed by atoms with Crippen LogP contribution in [0.15, 0.2) is 0 Å². The Hall–Kier alpha value is -4.50. The molecule has 6 saturated heterocycles. The van der Waals surface area contributed by atoms with Gasteiger partial charge >= 0.3 is 53.7 Å². The molecule has 0 unspecified atom stereocenters. The van der Waals surface area contributed by atoms with E-state index in [1.807, 2.05) is 0 Å². The Kier molecular flexibility index (Phi) is 50.9. The number of amides is 6. The number of carboxylic acid groups (broad SMARTS) is 9. The minimum absolute atomic E-state index is 0. The van der Waals surface area contributed by atoms with E-state index in [-0.39, 0.29) is 438 Å². The molecule has 0 aromatic carbocycles. The van der Waals surface area contributed by atoms with Gasteiger partial charge in [-0.15, -0.1) is 0 Å². The van der Waals surface area contributed by atoms with E-state index >= 15 is 14.4 Å². The van der Waals surface area contributed by atoms with Crippen molar-refractivity contribution in [1.29, 1.82) is 0 Å². The minimum atomic E-state index is -1.90. The number of hydrogen-bond acceptors (Lipinski definition) is 28. The molecule has 0 radical (unpaired) electrons. The van der Waals surface area contributed by atoms with Gasteiger partial charge in [-0.1, -0.05) is 32.6 Å². The van der Waals surface area contributed by atoms with Gasteiger partial charge in [0.05, 0.1) is 84.1 Å². The molecule has 6 aliphatic heterocycles. The number of carbonyl (C=O) groups excluding carboxylic acids is 6. The predicted molar refractivity (Wildman–Crippen MR) is 414 cm³/mol. The first-order valence-corrected chi connectivity index (χ1v) is 40.2. The second-order valence-corrected chi connectivity index (χ2v) is 31.4. The fourth-order valence-corrected chi connectivity index (χ4v) is 15.5. The van der Waals surface area contributed by atoms with Crippen LogP contribution >= 0.6 is 0 Å². The Labute approximate surface area is 789 Å². The molecule has 46 heteroatoms. The molecule has 0 aliphatic carbocycles. The number of unbranched alkanes of at least 4 members (excludes halogenated alkanes) is 4. The van der Waals surface area contributed by atoms with Gasteiger partial charge in [-0.25, -0.2) is 0 Å². The molecule has 6 heterocycles. The SMILES string of the molecule is CCCCCCCNC(=O)C1(NC(=O)C2(NC(=O)C3(N)CCN(C(=O)CN4CCN(CC(=O)O)CCN(CC(=O)O)CCN(CC(=O)O)CC4)CC3)CCN(C(=O)CN3CCN(CC(=O)O)CCN(CC(=O)O)CCN(CC(=O)O)CC3)CC2)CCN(C(=O)CN2CCN(CC(=O)O)CCN(CC(=O)O)CCN(CC(=O)O)CC2)CC1.[Gd].[Gd].[Gd]. The van der Waals surface area contributed by atoms with Crippen LogP contribution in [0.2, 0.25) is 0 Å². The topological polar surface area (TPSA) is 549 Å². The quantitative estimate of drug-likeness (QED) is 0.0262. The van der Waals surface area contributed by atoms with E-state index in [0.717, 1.165) is 25.7 Å². The standard InChI is InChI=1S/C73H125N19O24.3Gd/c1-2-3-4-5-6-13-75-69(115)72(9-16-91(17-10-72)57(94)45-79-22-28-83(49-61(100)101)34-40-88(54-66(110)111)41-35-84(29-23-79)50-62(102)103)77-70(116)73(11-18-92(19-12-73)58(95)46-80-24-30-85(51-63(104)105)36-42-89(55-67(112)113)43-37-86(31-25-80)52-64(106)107)76-68(114)71(74)7-14-90(15-8-71)56(93)44-78-20-26-81(47-59(96)97)32-38-87(53-65(108)109)39-33-82(27-21-78)48-60(98)99;;;/h2-55,74H2,1H3,(H,75,115)(H,76,114)(H,77,116)(H,96,97)(H,98,99)(H,100,101)(H,102,103)(H,104,105)(H,106,107)(H,108,109)(H,110,111)(H,112,113);;;. The first kappa shape index (κ1) is 109. The Morgan fingerprint density at radius 3 is 0.647 bits per heavy atom. The van der Waals surface area contributed by atoms with Crippen LogP contribution in [0.1, 0.15) is 77.6 Å². The van der Waals surface area contributed by atoms with Crippen molar-refractivity contribution in [1.82, 2.24) is 89.4 Å². The third-order valence-electron chi connectivity index (χ3n) is 22.6. The van der Waals surface area contributed by atoms with Gasteiger partial charge in [0.1, 0.15) is 11.1 Å². The molecule has 14 N–H and O–H groups in total. The Morgan fingerprint density at radius 1 is 0.252 bits per heavy atom. The molecule has 6 amide bonds. The largest absolute Gasteiger partial charge is 0.480 e. The predicted octanol–water partition coefficient (Wildman–Crippen LogP) is -7.23. The zero-order chi connectivity index (χ0) is 85.1. The third-order valence-corrected chi connectivity index (χ3v) is 22.6. The molecule has 0 aromatic heterocycles. The summed E-state index contributed by atoms with van der Waals surface area (Å²) in [4.78, 5) is 222. The smallest absolute Gasteiger partial charge is 0.317 e. The summed E-state index contributed by atoms with van der Waals surface area (Å²) in [6, 6.07) is 0. The van der Waals surface area contributed by atoms with Crippen LogP contribution in [-0.2, 0) is 71.9 Å². The van der Waals surface area contributed by atoms with Crippen LogP contribution in [0.4, 0.5) is 0 Å². The van der Waals surface area contributed by atoms with Crippen LogP contribution < -0.4 is 21.7 Å². The summed E-state index contributed by atoms with van der Waals surface area (Å²) in [5.74, 6) is -13.5. The van der Waals surface area contributed by atoms with Crippen molar-refractivity contribution in [3.8, 4) is 0 Å². The van der Waals surface area contributed by atoms with Crippen molar-refractivity contribution in [3.63, 3.8) is 0 Å². The fourth-order valence-electron chi connectivity index (χ4n) is 15.5. The van der Waals surface area contributed by atoms with Crippen molar-refractivity contribution in [2.24, 2.45) is 5.73 Å². The van der Waals surface area contributed by atoms with Gasteiger partial charge in [-0.2, -0.15) is 0 Å². The van der Waals surface area contributed by atoms with Crippen LogP contribution in [0.5, 0.6) is 0 Å². The van der Waals surface area contributed by atoms with E-state index in [9.17, 15) is 103 Å². The number of piperidine rings is 3. The summed E-state index contributed by atoms with van der Waals surface area (Å²) in [5, 5.41) is 97.2. The molecule has 6 rings (SSSR count). The van der Waals surface area contributed by atoms with E-state index in [0.29, 0.717) is 6.42 Å². The summed E-state index contributed by atoms with van der Waals surface area (Å²) in [6.07, 6.45) is 3.23. The van der Waals surface area contributed by atoms with Crippen molar-refractivity contribution in [3.05, 3.63) is 0 Å². The van der Waals surface area contributed by atoms with Crippen LogP contribution in [0.3, 0.4) is 0 Å². The number of carboxylic acids is 9. The van der Waals surface area contributed by atoms with Crippen molar-refractivity contribution < 1.29 is 238 Å². The summed E-state index contributed by atoms with van der Waals surface area (Å²) >= 11 is 0. The number of carbonyl (C=O) groups is 15. The second kappa shape index (κ2) is 55.8. The van der Waals surface area contributed by atoms with Gasteiger partial charge in [0.15, 0.2) is 0 Å². The summed E-state index contributed by atoms with van der Waals surface area (Å²) in [6.45, 7) is 1.12. The molecule has 0 spiro atoms. The maximum absolute atomic E-state index is 15.9. The molecule has 0 saturated carbocycles. The summed E-state index contributed by atoms with van der Waals surface area (Å²) < 4.78 is 0. The average molecular weight is 2120 g/mol. The number of rotatable bonds is 35. The first-order valence-electron chi connectivity index (χ1n) is 40.2. The van der Waals surface area contributed by atoms with E-state index in [2.05, 4.69) is 22.9 Å². The molecule has 0 aromatic rings. The average Bonchev–Trinajstić information content (AvgIpc) is 0.763. The maximum atomic E-state index is 15.9. The summed E-state index contributed by atoms with van der Waals surface area (Å²) in [5.41, 5.74) is 1.75. The van der Waals surface area contributed by atoms with Crippen molar-refractivity contribution in [2.45, 2.75) is 94.2 Å². The van der Waals surface area contributed by atoms with Crippen LogP contribution in [-0.4, -0.2) is 507 Å². The van der Waals surface area contributed by atoms with Gasteiger partial charge in [0, 0.05) is 323 Å². The molecule has 119 heavy (non-hydrogen) atoms. The zero-order valence-electron chi connectivity index (χ0n) is 68.2. The van der Waals surface area contributed by atoms with E-state index in [4.69, 9.17) is 5.73 Å². The van der Waals surface area contributed by atoms with Gasteiger partial charge < -0.3 is 82.3 Å². The molecule has 6 aliphatic rings. The summed E-state index contributed by atoms with van der Waals surface area (Å²) in [7, 11) is 0. The zero-order valence-corrected chi connectivity index (χ0v) is 75.0. The number of hydrogen-bond donors (Lipinski definition) is 13. The van der Waals surface area contributed by atoms with Crippen molar-refractivity contribution >= 4 is 89.2 Å². The molecule has 680 valence electrons. The third kappa shape index (κ3) is 40.1. The van der Waals surface area contributed by atoms with Gasteiger partial charge in [-0.3, -0.25) is 131 Å². The second-order valence-electron chi connectivity index (χ2n) is 31.4. The molecular weight excluding hydrogens is 2000 g/mol. The number of likely N-dealkylation sites (tertiary alicyclic amines) is 3. The van der Waals surface area contributed by atoms with Gasteiger partial charge in [0.25, 0.3) is 0 Å². The minimum Gasteiger partial charge on any atom is -0.480 e. The molecule has 0 bridgehead atoms. The monoisotopic (exact) mass is 2130 g/mol.